The van der Waals surface area contributed by atoms with Gasteiger partial charge in [-0.05, 0) is 37.9 Å². The van der Waals surface area contributed by atoms with Gasteiger partial charge in [0.1, 0.15) is 5.69 Å². The van der Waals surface area contributed by atoms with Gasteiger partial charge in [0, 0.05) is 18.7 Å². The molecule has 1 heterocycles. The monoisotopic (exact) mass is 314 g/mol. The lowest BCUT2D eigenvalue weighted by Gasteiger charge is -2.12. The molecule has 0 bridgehead atoms. The van der Waals surface area contributed by atoms with Crippen LogP contribution in [0.25, 0.3) is 0 Å². The Bertz CT molecular complexity index is 626. The number of nitrogens with one attached hydrogen (secondary N) is 2. The van der Waals surface area contributed by atoms with Crippen molar-refractivity contribution >= 4 is 21.4 Å². The van der Waals surface area contributed by atoms with E-state index in [0.29, 0.717) is 18.3 Å². The molecule has 0 radical (unpaired) electrons. The maximum absolute atomic E-state index is 11.2. The Balaban J connectivity index is 2.09. The third-order valence-corrected chi connectivity index (χ3v) is 4.38. The van der Waals surface area contributed by atoms with E-state index in [1.807, 2.05) is 0 Å². The fourth-order valence-electron chi connectivity index (χ4n) is 2.37. The number of primary sulfonamides is 1. The summed E-state index contributed by atoms with van der Waals surface area (Å²) in [5.74, 6) is 0. The Kier molecular flexibility index (Phi) is 4.76. The molecule has 1 atom stereocenters. The number of anilines is 1. The van der Waals surface area contributed by atoms with Gasteiger partial charge in [-0.1, -0.05) is 0 Å². The molecule has 4 N–H and O–H groups in total. The number of nitrogens with two attached hydrogens (primary N) is 1. The lowest BCUT2D eigenvalue weighted by Crippen LogP contribution is -2.24. The largest absolute Gasteiger partial charge is 0.379 e. The van der Waals surface area contributed by atoms with E-state index >= 15 is 0 Å². The summed E-state index contributed by atoms with van der Waals surface area (Å²) in [6.45, 7) is 1.58. The first-order valence-electron chi connectivity index (χ1n) is 6.66. The summed E-state index contributed by atoms with van der Waals surface area (Å²) in [5, 5.41) is 22.3. The molecule has 0 spiro atoms. The van der Waals surface area contributed by atoms with Gasteiger partial charge >= 0.3 is 0 Å². The standard InChI is InChI=1S/C12H18N4O4S/c13-21(19,20)10-3-4-11(12(8-10)16(17)18)15-7-5-9-2-1-6-14-9/h3-4,8-9,14-15H,1-2,5-7H2,(H2,13,19,20)/t9-/m0/s1. The van der Waals surface area contributed by atoms with E-state index in [1.165, 1.54) is 12.1 Å². The highest BCUT2D eigenvalue weighted by molar-refractivity contribution is 7.89. The van der Waals surface area contributed by atoms with Crippen molar-refractivity contribution in [3.63, 3.8) is 0 Å². The smallest absolute Gasteiger partial charge is 0.293 e. The highest BCUT2D eigenvalue weighted by atomic mass is 32.2. The van der Waals surface area contributed by atoms with Gasteiger partial charge in [0.05, 0.1) is 9.82 Å². The van der Waals surface area contributed by atoms with Crippen molar-refractivity contribution < 1.29 is 13.3 Å². The zero-order chi connectivity index (χ0) is 15.5. The van der Waals surface area contributed by atoms with Crippen LogP contribution in [0.3, 0.4) is 0 Å². The summed E-state index contributed by atoms with van der Waals surface area (Å²) in [5.41, 5.74) is 0.00584. The predicted octanol–water partition coefficient (Wildman–Crippen LogP) is 0.796. The van der Waals surface area contributed by atoms with Gasteiger partial charge in [0.2, 0.25) is 10.0 Å². The van der Waals surface area contributed by atoms with E-state index in [1.54, 1.807) is 0 Å². The third-order valence-electron chi connectivity index (χ3n) is 3.47. The normalized spacial score (nSPS) is 18.6. The fourth-order valence-corrected chi connectivity index (χ4v) is 2.91. The van der Waals surface area contributed by atoms with Gasteiger partial charge in [-0.2, -0.15) is 0 Å². The van der Waals surface area contributed by atoms with Crippen LogP contribution in [0, 0.1) is 10.1 Å². The summed E-state index contributed by atoms with van der Waals surface area (Å²) in [6, 6.07) is 4.05. The molecule has 0 saturated carbocycles. The predicted molar refractivity (Wildman–Crippen MR) is 78.6 cm³/mol. The number of sulfonamides is 1. The molecule has 8 nitrogen and oxygen atoms in total. The van der Waals surface area contributed by atoms with Crippen LogP contribution in [0.4, 0.5) is 11.4 Å². The number of benzene rings is 1. The average Bonchev–Trinajstić information content (AvgIpc) is 2.90. The highest BCUT2D eigenvalue weighted by Crippen LogP contribution is 2.27. The van der Waals surface area contributed by atoms with Crippen molar-refractivity contribution in [3.05, 3.63) is 28.3 Å². The average molecular weight is 314 g/mol. The van der Waals surface area contributed by atoms with Crippen molar-refractivity contribution in [1.82, 2.24) is 5.32 Å². The van der Waals surface area contributed by atoms with Crippen molar-refractivity contribution in [2.45, 2.75) is 30.2 Å². The zero-order valence-electron chi connectivity index (χ0n) is 11.4. The summed E-state index contributed by atoms with van der Waals surface area (Å²) in [7, 11) is -3.95. The third kappa shape index (κ3) is 4.13. The SMILES string of the molecule is NS(=O)(=O)c1ccc(NCC[C@@H]2CCCN2)c([N+](=O)[O-])c1. The Morgan fingerprint density at radius 3 is 2.81 bits per heavy atom. The topological polar surface area (TPSA) is 127 Å². The van der Waals surface area contributed by atoms with Gasteiger partial charge in [-0.15, -0.1) is 0 Å². The van der Waals surface area contributed by atoms with E-state index in [9.17, 15) is 18.5 Å². The quantitative estimate of drug-likeness (QED) is 0.526. The number of hydrogen-bond donors (Lipinski definition) is 3. The molecule has 116 valence electrons. The van der Waals surface area contributed by atoms with Gasteiger partial charge in [0.15, 0.2) is 0 Å². The Labute approximate surface area is 122 Å². The van der Waals surface area contributed by atoms with E-state index < -0.39 is 14.9 Å². The molecular formula is C12H18N4O4S. The number of rotatable bonds is 6. The Morgan fingerprint density at radius 1 is 1.48 bits per heavy atom. The molecule has 0 unspecified atom stereocenters. The molecule has 9 heteroatoms. The molecule has 2 rings (SSSR count). The van der Waals surface area contributed by atoms with Crippen LogP contribution in [0.5, 0.6) is 0 Å². The molecule has 0 aromatic heterocycles. The second-order valence-corrected chi connectivity index (χ2v) is 6.55. The molecule has 1 aliphatic rings. The van der Waals surface area contributed by atoms with Crippen molar-refractivity contribution in [2.24, 2.45) is 5.14 Å². The fraction of sp³-hybridized carbons (Fsp3) is 0.500. The van der Waals surface area contributed by atoms with E-state index in [-0.39, 0.29) is 10.6 Å². The minimum absolute atomic E-state index is 0.266. The summed E-state index contributed by atoms with van der Waals surface area (Å²) < 4.78 is 22.5. The first kappa shape index (κ1) is 15.7. The molecule has 1 aromatic carbocycles. The maximum Gasteiger partial charge on any atom is 0.293 e. The zero-order valence-corrected chi connectivity index (χ0v) is 12.2. The second kappa shape index (κ2) is 6.37. The van der Waals surface area contributed by atoms with E-state index in [2.05, 4.69) is 10.6 Å². The first-order valence-corrected chi connectivity index (χ1v) is 8.21. The molecule has 21 heavy (non-hydrogen) atoms. The Morgan fingerprint density at radius 2 is 2.24 bits per heavy atom. The van der Waals surface area contributed by atoms with Gasteiger partial charge < -0.3 is 10.6 Å². The second-order valence-electron chi connectivity index (χ2n) is 4.99. The van der Waals surface area contributed by atoms with Gasteiger partial charge in [-0.25, -0.2) is 13.6 Å². The summed E-state index contributed by atoms with van der Waals surface area (Å²) in [6.07, 6.45) is 3.11. The number of hydrogen-bond acceptors (Lipinski definition) is 6. The number of nitrogens with zero attached hydrogens (tertiary/aromatic N) is 1. The number of nitro benzene ring substituents is 1. The molecular weight excluding hydrogens is 296 g/mol. The van der Waals surface area contributed by atoms with Gasteiger partial charge in [0.25, 0.3) is 5.69 Å². The lowest BCUT2D eigenvalue weighted by atomic mass is 10.1. The molecule has 0 aliphatic carbocycles. The summed E-state index contributed by atoms with van der Waals surface area (Å²) >= 11 is 0. The first-order chi connectivity index (χ1) is 9.88. The molecule has 1 aromatic rings. The summed E-state index contributed by atoms with van der Waals surface area (Å²) in [4.78, 5) is 10.2. The van der Waals surface area contributed by atoms with Crippen LogP contribution in [0.2, 0.25) is 0 Å². The number of nitro groups is 1. The van der Waals surface area contributed by atoms with Crippen molar-refractivity contribution in [1.29, 1.82) is 0 Å². The highest BCUT2D eigenvalue weighted by Gasteiger charge is 2.19. The molecule has 1 aliphatic heterocycles. The van der Waals surface area contributed by atoms with Crippen LogP contribution in [-0.2, 0) is 10.0 Å². The van der Waals surface area contributed by atoms with Gasteiger partial charge in [-0.3, -0.25) is 10.1 Å². The van der Waals surface area contributed by atoms with Crippen LogP contribution >= 0.6 is 0 Å². The molecule has 1 fully saturated rings. The maximum atomic E-state index is 11.2. The van der Waals surface area contributed by atoms with Crippen LogP contribution in [0.15, 0.2) is 23.1 Å². The molecule has 1 saturated heterocycles. The van der Waals surface area contributed by atoms with E-state index in [4.69, 9.17) is 5.14 Å². The Hall–Kier alpha value is -1.71. The van der Waals surface area contributed by atoms with Crippen molar-refractivity contribution in [2.75, 3.05) is 18.4 Å². The molecule has 0 amide bonds. The van der Waals surface area contributed by atoms with Crippen LogP contribution < -0.4 is 15.8 Å². The minimum atomic E-state index is -3.95. The van der Waals surface area contributed by atoms with Crippen LogP contribution in [-0.4, -0.2) is 32.5 Å². The van der Waals surface area contributed by atoms with Crippen molar-refractivity contribution in [3.8, 4) is 0 Å². The van der Waals surface area contributed by atoms with E-state index in [0.717, 1.165) is 31.9 Å². The minimum Gasteiger partial charge on any atom is -0.379 e. The lowest BCUT2D eigenvalue weighted by molar-refractivity contribution is -0.384. The van der Waals surface area contributed by atoms with Crippen LogP contribution in [0.1, 0.15) is 19.3 Å².